The third kappa shape index (κ3) is 5.26. The Morgan fingerprint density at radius 3 is 2.60 bits per heavy atom. The second kappa shape index (κ2) is 8.43. The molecule has 0 aliphatic rings. The molecule has 0 saturated heterocycles. The topological polar surface area (TPSA) is 62.8 Å². The maximum atomic E-state index is 13.6. The molecule has 0 aromatic heterocycles. The number of quaternary nitrogens is 1. The molecule has 0 unspecified atom stereocenters. The lowest BCUT2D eigenvalue weighted by atomic mass is 10.1. The molecule has 0 fully saturated rings. The minimum Gasteiger partial charge on any atom is -0.332 e. The number of hydrogen-bond acceptors (Lipinski definition) is 2. The molecule has 2 rings (SSSR count). The van der Waals surface area contributed by atoms with E-state index in [1.165, 1.54) is 19.1 Å². The third-order valence-corrected chi connectivity index (χ3v) is 4.36. The summed E-state index contributed by atoms with van der Waals surface area (Å²) in [7, 11) is 0. The van der Waals surface area contributed by atoms with Crippen LogP contribution in [0.25, 0.3) is 0 Å². The number of anilines is 1. The summed E-state index contributed by atoms with van der Waals surface area (Å²) in [6.45, 7) is 3.40. The molecule has 2 aromatic carbocycles. The maximum absolute atomic E-state index is 13.6. The van der Waals surface area contributed by atoms with E-state index in [-0.39, 0.29) is 29.3 Å². The summed E-state index contributed by atoms with van der Waals surface area (Å²) >= 11 is 11.8. The van der Waals surface area contributed by atoms with Crippen LogP contribution < -0.4 is 10.6 Å². The smallest absolute Gasteiger partial charge is 0.279 e. The van der Waals surface area contributed by atoms with Gasteiger partial charge >= 0.3 is 0 Å². The molecular formula is C18H18Cl2FN2O2+. The van der Waals surface area contributed by atoms with Crippen LogP contribution in [-0.2, 0) is 4.79 Å². The highest BCUT2D eigenvalue weighted by Crippen LogP contribution is 2.27. The first-order valence-corrected chi connectivity index (χ1v) is 8.42. The number of rotatable bonds is 6. The van der Waals surface area contributed by atoms with E-state index in [2.05, 4.69) is 5.32 Å². The van der Waals surface area contributed by atoms with Crippen LogP contribution >= 0.6 is 23.2 Å². The fourth-order valence-corrected chi connectivity index (χ4v) is 2.88. The zero-order valence-electron chi connectivity index (χ0n) is 13.8. The lowest BCUT2D eigenvalue weighted by molar-refractivity contribution is -0.682. The summed E-state index contributed by atoms with van der Waals surface area (Å²) in [5, 5.41) is 4.78. The second-order valence-corrected chi connectivity index (χ2v) is 6.52. The van der Waals surface area contributed by atoms with Crippen molar-refractivity contribution in [2.75, 3.05) is 11.9 Å². The second-order valence-electron chi connectivity index (χ2n) is 5.70. The minimum absolute atomic E-state index is 0.0379. The van der Waals surface area contributed by atoms with Gasteiger partial charge in [-0.15, -0.1) is 0 Å². The molecule has 1 atom stereocenters. The van der Waals surface area contributed by atoms with Crippen molar-refractivity contribution >= 4 is 40.6 Å². The van der Waals surface area contributed by atoms with Crippen LogP contribution in [0.2, 0.25) is 10.0 Å². The molecular weight excluding hydrogens is 366 g/mol. The number of ketones is 1. The zero-order chi connectivity index (χ0) is 18.6. The van der Waals surface area contributed by atoms with E-state index >= 15 is 0 Å². The summed E-state index contributed by atoms with van der Waals surface area (Å²) < 4.78 is 13.6. The van der Waals surface area contributed by atoms with Gasteiger partial charge < -0.3 is 10.6 Å². The summed E-state index contributed by atoms with van der Waals surface area (Å²) in [4.78, 5) is 23.4. The van der Waals surface area contributed by atoms with Crippen LogP contribution in [0.5, 0.6) is 0 Å². The van der Waals surface area contributed by atoms with E-state index in [0.29, 0.717) is 21.8 Å². The monoisotopic (exact) mass is 383 g/mol. The maximum Gasteiger partial charge on any atom is 0.279 e. The van der Waals surface area contributed by atoms with Gasteiger partial charge in [-0.25, -0.2) is 4.39 Å². The van der Waals surface area contributed by atoms with Gasteiger partial charge in [-0.2, -0.15) is 0 Å². The highest BCUT2D eigenvalue weighted by Gasteiger charge is 2.17. The Labute approximate surface area is 155 Å². The fraction of sp³-hybridized carbons (Fsp3) is 0.222. The number of halogens is 3. The minimum atomic E-state index is -0.549. The SMILES string of the molecule is CC(=O)c1cccc(NC(=O)C[NH2+][C@H](C)c2cc(F)c(Cl)cc2Cl)c1. The predicted octanol–water partition coefficient (Wildman–Crippen LogP) is 3.60. The molecule has 0 spiro atoms. The third-order valence-electron chi connectivity index (χ3n) is 3.74. The molecule has 4 nitrogen and oxygen atoms in total. The predicted molar refractivity (Wildman–Crippen MR) is 96.7 cm³/mol. The Bertz CT molecular complexity index is 812. The average molecular weight is 384 g/mol. The Morgan fingerprint density at radius 2 is 1.92 bits per heavy atom. The van der Waals surface area contributed by atoms with Gasteiger partial charge in [-0.05, 0) is 38.1 Å². The van der Waals surface area contributed by atoms with Gasteiger partial charge in [-0.1, -0.05) is 35.3 Å². The highest BCUT2D eigenvalue weighted by atomic mass is 35.5. The van der Waals surface area contributed by atoms with E-state index in [1.807, 2.05) is 6.92 Å². The van der Waals surface area contributed by atoms with E-state index in [9.17, 15) is 14.0 Å². The average Bonchev–Trinajstić information content (AvgIpc) is 2.56. The lowest BCUT2D eigenvalue weighted by Crippen LogP contribution is -2.86. The first-order chi connectivity index (χ1) is 11.8. The molecule has 0 saturated carbocycles. The number of hydrogen-bond donors (Lipinski definition) is 2. The van der Waals surface area contributed by atoms with Crippen LogP contribution in [0.1, 0.15) is 35.8 Å². The molecule has 3 N–H and O–H groups in total. The van der Waals surface area contributed by atoms with Gasteiger partial charge in [0.15, 0.2) is 12.3 Å². The number of nitrogens with two attached hydrogens (primary N) is 1. The van der Waals surface area contributed by atoms with Gasteiger partial charge in [0.2, 0.25) is 0 Å². The van der Waals surface area contributed by atoms with Crippen LogP contribution in [0.15, 0.2) is 36.4 Å². The lowest BCUT2D eigenvalue weighted by Gasteiger charge is -2.13. The van der Waals surface area contributed by atoms with Crippen LogP contribution in [0.3, 0.4) is 0 Å². The molecule has 0 radical (unpaired) electrons. The van der Waals surface area contributed by atoms with Crippen molar-refractivity contribution < 1.29 is 19.3 Å². The van der Waals surface area contributed by atoms with E-state index in [0.717, 1.165) is 0 Å². The molecule has 0 aliphatic carbocycles. The van der Waals surface area contributed by atoms with Crippen molar-refractivity contribution in [1.82, 2.24) is 0 Å². The Hall–Kier alpha value is -1.95. The van der Waals surface area contributed by atoms with Gasteiger partial charge in [0.05, 0.1) is 10.0 Å². The van der Waals surface area contributed by atoms with Crippen molar-refractivity contribution in [3.8, 4) is 0 Å². The van der Waals surface area contributed by atoms with Gasteiger partial charge in [0.25, 0.3) is 5.91 Å². The van der Waals surface area contributed by atoms with Crippen molar-refractivity contribution in [3.05, 3.63) is 63.4 Å². The van der Waals surface area contributed by atoms with E-state index in [4.69, 9.17) is 23.2 Å². The number of carbonyl (C=O) groups is 2. The van der Waals surface area contributed by atoms with Crippen molar-refractivity contribution in [2.45, 2.75) is 19.9 Å². The largest absolute Gasteiger partial charge is 0.332 e. The molecule has 132 valence electrons. The standard InChI is InChI=1S/C18H17Cl2FN2O2/c1-10(14-7-17(21)16(20)8-15(14)19)22-9-18(25)23-13-5-3-4-12(6-13)11(2)24/h3-8,10,22H,9H2,1-2H3,(H,23,25)/p+1/t10-/m1/s1. The quantitative estimate of drug-likeness (QED) is 0.591. The van der Waals surface area contributed by atoms with Gasteiger partial charge in [0, 0.05) is 16.8 Å². The van der Waals surface area contributed by atoms with Crippen molar-refractivity contribution in [1.29, 1.82) is 0 Å². The van der Waals surface area contributed by atoms with E-state index in [1.54, 1.807) is 29.6 Å². The zero-order valence-corrected chi connectivity index (χ0v) is 15.3. The molecule has 2 aromatic rings. The van der Waals surface area contributed by atoms with Crippen LogP contribution in [0.4, 0.5) is 10.1 Å². The summed E-state index contributed by atoms with van der Waals surface area (Å²) in [5.74, 6) is -0.861. The van der Waals surface area contributed by atoms with Gasteiger partial charge in [-0.3, -0.25) is 9.59 Å². The van der Waals surface area contributed by atoms with Crippen LogP contribution in [-0.4, -0.2) is 18.2 Å². The van der Waals surface area contributed by atoms with Crippen molar-refractivity contribution in [2.24, 2.45) is 0 Å². The molecule has 1 amide bonds. The Balaban J connectivity index is 1.97. The Morgan fingerprint density at radius 1 is 1.20 bits per heavy atom. The number of benzene rings is 2. The number of carbonyl (C=O) groups excluding carboxylic acids is 2. The number of Topliss-reactive ketones (excluding diaryl/α,β-unsaturated/α-hetero) is 1. The fourth-order valence-electron chi connectivity index (χ4n) is 2.33. The van der Waals surface area contributed by atoms with Gasteiger partial charge in [0.1, 0.15) is 11.9 Å². The summed E-state index contributed by atoms with van der Waals surface area (Å²) in [6, 6.07) is 9.12. The van der Waals surface area contributed by atoms with E-state index < -0.39 is 5.82 Å². The molecule has 25 heavy (non-hydrogen) atoms. The molecule has 0 bridgehead atoms. The first-order valence-electron chi connectivity index (χ1n) is 7.66. The molecule has 7 heteroatoms. The number of nitrogens with one attached hydrogen (secondary N) is 1. The van der Waals surface area contributed by atoms with Crippen LogP contribution in [0, 0.1) is 5.82 Å². The summed E-state index contributed by atoms with van der Waals surface area (Å²) in [5.41, 5.74) is 1.64. The normalized spacial score (nSPS) is 11.9. The molecule has 0 aliphatic heterocycles. The Kier molecular flexibility index (Phi) is 6.53. The molecule has 0 heterocycles. The van der Waals surface area contributed by atoms with Crippen molar-refractivity contribution in [3.63, 3.8) is 0 Å². The summed E-state index contributed by atoms with van der Waals surface area (Å²) in [6.07, 6.45) is 0. The highest BCUT2D eigenvalue weighted by molar-refractivity contribution is 6.35. The number of amides is 1. The first kappa shape index (κ1) is 19.4.